The maximum absolute atomic E-state index is 11.3. The molecule has 29 heavy (non-hydrogen) atoms. The van der Waals surface area contributed by atoms with Gasteiger partial charge in [0, 0.05) is 19.0 Å². The summed E-state index contributed by atoms with van der Waals surface area (Å²) in [5.74, 6) is 1.51. The number of hydrogen-bond donors (Lipinski definition) is 0. The highest BCUT2D eigenvalue weighted by atomic mass is 16.5. The van der Waals surface area contributed by atoms with Gasteiger partial charge in [-0.2, -0.15) is 4.98 Å². The fourth-order valence-electron chi connectivity index (χ4n) is 3.12. The Morgan fingerprint density at radius 1 is 1.21 bits per heavy atom. The minimum absolute atomic E-state index is 0.213. The molecule has 0 N–H and O–H groups in total. The van der Waals surface area contributed by atoms with Gasteiger partial charge in [0.1, 0.15) is 12.4 Å². The van der Waals surface area contributed by atoms with E-state index in [2.05, 4.69) is 19.8 Å². The first-order chi connectivity index (χ1) is 14.0. The van der Waals surface area contributed by atoms with Crippen LogP contribution >= 0.6 is 0 Å². The average molecular weight is 403 g/mol. The van der Waals surface area contributed by atoms with Crippen LogP contribution in [0.25, 0.3) is 0 Å². The Hall–Kier alpha value is -2.61. The summed E-state index contributed by atoms with van der Waals surface area (Å²) in [4.78, 5) is 17.8. The van der Waals surface area contributed by atoms with Crippen molar-refractivity contribution in [3.63, 3.8) is 0 Å². The Bertz CT molecular complexity index is 767. The molecule has 0 spiro atoms. The van der Waals surface area contributed by atoms with Crippen molar-refractivity contribution in [2.45, 2.75) is 45.1 Å². The number of hydrogen-bond acceptors (Lipinski definition) is 8. The molecule has 0 bridgehead atoms. The molecule has 1 aliphatic rings. The molecule has 0 saturated carbocycles. The van der Waals surface area contributed by atoms with E-state index in [9.17, 15) is 4.79 Å². The summed E-state index contributed by atoms with van der Waals surface area (Å²) in [6.45, 7) is 6.80. The van der Waals surface area contributed by atoms with Gasteiger partial charge in [0.05, 0.1) is 26.2 Å². The van der Waals surface area contributed by atoms with Crippen LogP contribution in [-0.2, 0) is 20.7 Å². The highest BCUT2D eigenvalue weighted by Gasteiger charge is 2.24. The number of ether oxygens (including phenoxy) is 3. The summed E-state index contributed by atoms with van der Waals surface area (Å²) < 4.78 is 21.7. The Balaban J connectivity index is 1.33. The molecule has 158 valence electrons. The highest BCUT2D eigenvalue weighted by molar-refractivity contribution is 5.72. The molecule has 8 heteroatoms. The Morgan fingerprint density at radius 2 is 1.93 bits per heavy atom. The van der Waals surface area contributed by atoms with Crippen LogP contribution in [0.4, 0.5) is 6.01 Å². The molecule has 0 radical (unpaired) electrons. The molecule has 0 amide bonds. The van der Waals surface area contributed by atoms with Crippen LogP contribution in [0, 0.1) is 0 Å². The molecule has 0 atom stereocenters. The number of nitrogens with zero attached hydrogens (tertiary/aromatic N) is 3. The number of carbonyl (C=O) groups is 1. The quantitative estimate of drug-likeness (QED) is 0.467. The van der Waals surface area contributed by atoms with Crippen LogP contribution in [0.15, 0.2) is 28.8 Å². The van der Waals surface area contributed by atoms with Gasteiger partial charge >= 0.3 is 12.0 Å². The van der Waals surface area contributed by atoms with Crippen LogP contribution in [0.3, 0.4) is 0 Å². The zero-order valence-corrected chi connectivity index (χ0v) is 17.3. The van der Waals surface area contributed by atoms with Gasteiger partial charge in [-0.05, 0) is 30.5 Å². The number of esters is 1. The first kappa shape index (κ1) is 21.1. The molecule has 1 fully saturated rings. The van der Waals surface area contributed by atoms with Gasteiger partial charge in [-0.1, -0.05) is 31.1 Å². The number of rotatable bonds is 9. The molecular weight excluding hydrogens is 374 g/mol. The summed E-state index contributed by atoms with van der Waals surface area (Å²) in [7, 11) is 1.39. The number of benzene rings is 1. The second-order valence-electron chi connectivity index (χ2n) is 7.39. The van der Waals surface area contributed by atoms with Crippen molar-refractivity contribution in [3.05, 3.63) is 35.7 Å². The van der Waals surface area contributed by atoms with Gasteiger partial charge in [0.25, 0.3) is 0 Å². The van der Waals surface area contributed by atoms with E-state index in [0.29, 0.717) is 19.2 Å². The number of carbonyl (C=O) groups excluding carboxylic acids is 1. The summed E-state index contributed by atoms with van der Waals surface area (Å²) in [5.41, 5.74) is 0.897. The molecular formula is C21H29N3O5. The SMILES string of the molecule is COC(=O)Cc1ccc(OCCOC2CCN(c3nc(C(C)C)no3)CC2)cc1. The van der Waals surface area contributed by atoms with Crippen LogP contribution < -0.4 is 9.64 Å². The van der Waals surface area contributed by atoms with E-state index in [1.165, 1.54) is 7.11 Å². The number of aromatic nitrogens is 2. The predicted octanol–water partition coefficient (Wildman–Crippen LogP) is 2.97. The molecule has 1 aliphatic heterocycles. The largest absolute Gasteiger partial charge is 0.491 e. The summed E-state index contributed by atoms with van der Waals surface area (Å²) in [6, 6.07) is 8.04. The van der Waals surface area contributed by atoms with Crippen molar-refractivity contribution in [1.82, 2.24) is 10.1 Å². The molecule has 0 aliphatic carbocycles. The van der Waals surface area contributed by atoms with E-state index in [4.69, 9.17) is 14.0 Å². The molecule has 0 unspecified atom stereocenters. The lowest BCUT2D eigenvalue weighted by Crippen LogP contribution is -2.37. The van der Waals surface area contributed by atoms with Gasteiger partial charge in [0.15, 0.2) is 5.82 Å². The van der Waals surface area contributed by atoms with Gasteiger partial charge in [0.2, 0.25) is 0 Å². The van der Waals surface area contributed by atoms with Crippen molar-refractivity contribution in [1.29, 1.82) is 0 Å². The highest BCUT2D eigenvalue weighted by Crippen LogP contribution is 2.22. The zero-order chi connectivity index (χ0) is 20.6. The lowest BCUT2D eigenvalue weighted by atomic mass is 10.1. The second-order valence-corrected chi connectivity index (χ2v) is 7.39. The molecule has 2 aromatic rings. The number of methoxy groups -OCH3 is 1. The van der Waals surface area contributed by atoms with E-state index in [0.717, 1.165) is 43.1 Å². The number of anilines is 1. The van der Waals surface area contributed by atoms with E-state index in [-0.39, 0.29) is 24.4 Å². The Labute approximate surface area is 171 Å². The molecule has 8 nitrogen and oxygen atoms in total. The zero-order valence-electron chi connectivity index (χ0n) is 17.3. The van der Waals surface area contributed by atoms with Crippen molar-refractivity contribution in [3.8, 4) is 5.75 Å². The minimum atomic E-state index is -0.252. The molecule has 2 heterocycles. The first-order valence-electron chi connectivity index (χ1n) is 10.0. The maximum Gasteiger partial charge on any atom is 0.324 e. The van der Waals surface area contributed by atoms with Crippen LogP contribution in [0.1, 0.15) is 44.0 Å². The van der Waals surface area contributed by atoms with Crippen molar-refractivity contribution in [2.75, 3.05) is 38.3 Å². The lowest BCUT2D eigenvalue weighted by Gasteiger charge is -2.30. The molecule has 1 aromatic heterocycles. The lowest BCUT2D eigenvalue weighted by molar-refractivity contribution is -0.139. The normalized spacial score (nSPS) is 15.0. The van der Waals surface area contributed by atoms with Crippen molar-refractivity contribution in [2.24, 2.45) is 0 Å². The molecule has 1 aromatic carbocycles. The van der Waals surface area contributed by atoms with Crippen LogP contribution in [0.5, 0.6) is 5.75 Å². The topological polar surface area (TPSA) is 86.9 Å². The number of piperidine rings is 1. The van der Waals surface area contributed by atoms with Gasteiger partial charge < -0.3 is 23.6 Å². The first-order valence-corrected chi connectivity index (χ1v) is 10.0. The fraction of sp³-hybridized carbons (Fsp3) is 0.571. The fourth-order valence-corrected chi connectivity index (χ4v) is 3.12. The monoisotopic (exact) mass is 403 g/mol. The van der Waals surface area contributed by atoms with Gasteiger partial charge in [-0.25, -0.2) is 0 Å². The van der Waals surface area contributed by atoms with E-state index in [1.54, 1.807) is 0 Å². The van der Waals surface area contributed by atoms with E-state index in [1.807, 2.05) is 38.1 Å². The average Bonchev–Trinajstić information content (AvgIpc) is 3.23. The Kier molecular flexibility index (Phi) is 7.46. The summed E-state index contributed by atoms with van der Waals surface area (Å²) >= 11 is 0. The van der Waals surface area contributed by atoms with E-state index >= 15 is 0 Å². The summed E-state index contributed by atoms with van der Waals surface area (Å²) in [6.07, 6.45) is 2.31. The third-order valence-electron chi connectivity index (χ3n) is 4.87. The standard InChI is InChI=1S/C21H29N3O5/c1-15(2)20-22-21(29-23-20)24-10-8-18(9-11-24)28-13-12-27-17-6-4-16(5-7-17)14-19(25)26-3/h4-7,15,18H,8-14H2,1-3H3. The second kappa shape index (κ2) is 10.2. The maximum atomic E-state index is 11.3. The predicted molar refractivity (Wildman–Crippen MR) is 107 cm³/mol. The molecule has 3 rings (SSSR count). The summed E-state index contributed by atoms with van der Waals surface area (Å²) in [5, 5.41) is 4.02. The van der Waals surface area contributed by atoms with E-state index < -0.39 is 0 Å². The third-order valence-corrected chi connectivity index (χ3v) is 4.87. The third kappa shape index (κ3) is 6.19. The van der Waals surface area contributed by atoms with Crippen LogP contribution in [0.2, 0.25) is 0 Å². The minimum Gasteiger partial charge on any atom is -0.491 e. The van der Waals surface area contributed by atoms with Crippen molar-refractivity contribution < 1.29 is 23.5 Å². The smallest absolute Gasteiger partial charge is 0.324 e. The van der Waals surface area contributed by atoms with Gasteiger partial charge in [-0.3, -0.25) is 4.79 Å². The van der Waals surface area contributed by atoms with Crippen molar-refractivity contribution >= 4 is 12.0 Å². The van der Waals surface area contributed by atoms with Crippen LogP contribution in [-0.4, -0.2) is 55.6 Å². The van der Waals surface area contributed by atoms with Gasteiger partial charge in [-0.15, -0.1) is 0 Å². The molecule has 1 saturated heterocycles. The Morgan fingerprint density at radius 3 is 2.55 bits per heavy atom.